The number of amides is 2. The summed E-state index contributed by atoms with van der Waals surface area (Å²) in [6.07, 6.45) is 1.78. The molecule has 1 aromatic rings. The highest BCUT2D eigenvalue weighted by molar-refractivity contribution is 9.10. The molecule has 0 aromatic heterocycles. The first-order valence-corrected chi connectivity index (χ1v) is 10.5. The highest BCUT2D eigenvalue weighted by Crippen LogP contribution is 2.36. The molecular formula is C20H25BrN4O3. The minimum absolute atomic E-state index is 0.0711. The van der Waals surface area contributed by atoms with Crippen molar-refractivity contribution in [1.82, 2.24) is 15.1 Å². The molecule has 8 heteroatoms. The van der Waals surface area contributed by atoms with Crippen molar-refractivity contribution in [2.75, 3.05) is 39.8 Å². The van der Waals surface area contributed by atoms with Crippen LogP contribution < -0.4 is 5.32 Å². The minimum Gasteiger partial charge on any atom is -0.453 e. The fraction of sp³-hybridized carbons (Fsp3) is 0.550. The number of hydrogen-bond donors (Lipinski definition) is 1. The van der Waals surface area contributed by atoms with Gasteiger partial charge < -0.3 is 15.0 Å². The predicted molar refractivity (Wildman–Crippen MR) is 109 cm³/mol. The van der Waals surface area contributed by atoms with Crippen LogP contribution in [0.25, 0.3) is 0 Å². The Kier molecular flexibility index (Phi) is 5.42. The fourth-order valence-corrected chi connectivity index (χ4v) is 4.55. The number of carbonyl (C=O) groups is 2. The first kappa shape index (κ1) is 19.4. The molecule has 1 aromatic carbocycles. The van der Waals surface area contributed by atoms with Crippen LogP contribution in [0.2, 0.25) is 0 Å². The summed E-state index contributed by atoms with van der Waals surface area (Å²) in [7, 11) is 1.38. The van der Waals surface area contributed by atoms with Crippen molar-refractivity contribution in [1.29, 1.82) is 0 Å². The molecule has 2 saturated heterocycles. The highest BCUT2D eigenvalue weighted by Gasteiger charge is 2.50. The van der Waals surface area contributed by atoms with E-state index in [4.69, 9.17) is 9.73 Å². The standard InChI is InChI=1S/C20H25BrN4O3/c1-28-19(27)24-10-7-20(8-11-24)18(26)25(13-14-6-9-22-12-14)17(23-20)15-2-4-16(21)5-3-15/h2-5,14,22H,6-13H2,1H3. The van der Waals surface area contributed by atoms with Crippen LogP contribution in [0, 0.1) is 5.92 Å². The van der Waals surface area contributed by atoms with E-state index in [1.54, 1.807) is 4.90 Å². The molecule has 0 bridgehead atoms. The zero-order valence-electron chi connectivity index (χ0n) is 16.0. The SMILES string of the molecule is COC(=O)N1CCC2(CC1)N=C(c1ccc(Br)cc1)N(CC1CCNC1)C2=O. The van der Waals surface area contributed by atoms with Crippen LogP contribution in [-0.4, -0.2) is 73.0 Å². The zero-order chi connectivity index (χ0) is 19.7. The summed E-state index contributed by atoms with van der Waals surface area (Å²) >= 11 is 3.47. The van der Waals surface area contributed by atoms with Crippen LogP contribution in [0.3, 0.4) is 0 Å². The third-order valence-corrected chi connectivity index (χ3v) is 6.48. The molecule has 0 saturated carbocycles. The number of nitrogens with one attached hydrogen (secondary N) is 1. The number of piperidine rings is 1. The zero-order valence-corrected chi connectivity index (χ0v) is 17.6. The van der Waals surface area contributed by atoms with Gasteiger partial charge >= 0.3 is 6.09 Å². The number of amidine groups is 1. The van der Waals surface area contributed by atoms with Crippen LogP contribution >= 0.6 is 15.9 Å². The lowest BCUT2D eigenvalue weighted by Gasteiger charge is -2.35. The molecule has 3 aliphatic heterocycles. The Morgan fingerprint density at radius 2 is 2.04 bits per heavy atom. The van der Waals surface area contributed by atoms with Crippen molar-refractivity contribution in [2.24, 2.45) is 10.9 Å². The summed E-state index contributed by atoms with van der Waals surface area (Å²) < 4.78 is 5.82. The van der Waals surface area contributed by atoms with Gasteiger partial charge in [-0.2, -0.15) is 0 Å². The molecule has 1 unspecified atom stereocenters. The first-order chi connectivity index (χ1) is 13.5. The molecule has 3 heterocycles. The Bertz CT molecular complexity index is 781. The molecule has 1 N–H and O–H groups in total. The Hall–Kier alpha value is -1.93. The lowest BCUT2D eigenvalue weighted by molar-refractivity contribution is -0.133. The van der Waals surface area contributed by atoms with Gasteiger partial charge in [0.1, 0.15) is 11.4 Å². The Morgan fingerprint density at radius 1 is 1.32 bits per heavy atom. The Morgan fingerprint density at radius 3 is 2.64 bits per heavy atom. The van der Waals surface area contributed by atoms with Gasteiger partial charge in [0.2, 0.25) is 0 Å². The predicted octanol–water partition coefficient (Wildman–Crippen LogP) is 2.25. The molecule has 1 spiro atoms. The second-order valence-electron chi connectivity index (χ2n) is 7.71. The second kappa shape index (κ2) is 7.83. The van der Waals surface area contributed by atoms with Crippen molar-refractivity contribution in [3.63, 3.8) is 0 Å². The number of likely N-dealkylation sites (tertiary alicyclic amines) is 1. The summed E-state index contributed by atoms with van der Waals surface area (Å²) in [5, 5.41) is 3.38. The fourth-order valence-electron chi connectivity index (χ4n) is 4.29. The molecule has 1 atom stereocenters. The van der Waals surface area contributed by atoms with Crippen molar-refractivity contribution < 1.29 is 14.3 Å². The molecule has 28 heavy (non-hydrogen) atoms. The van der Waals surface area contributed by atoms with Crippen LogP contribution in [0.1, 0.15) is 24.8 Å². The van der Waals surface area contributed by atoms with E-state index in [-0.39, 0.29) is 12.0 Å². The first-order valence-electron chi connectivity index (χ1n) is 9.74. The smallest absolute Gasteiger partial charge is 0.409 e. The van der Waals surface area contributed by atoms with E-state index in [0.717, 1.165) is 35.4 Å². The number of halogens is 1. The molecule has 150 valence electrons. The van der Waals surface area contributed by atoms with Crippen LogP contribution in [0.5, 0.6) is 0 Å². The summed E-state index contributed by atoms with van der Waals surface area (Å²) in [6.45, 7) is 3.57. The largest absolute Gasteiger partial charge is 0.453 e. The van der Waals surface area contributed by atoms with Gasteiger partial charge in [0.05, 0.1) is 7.11 Å². The van der Waals surface area contributed by atoms with Crippen LogP contribution in [-0.2, 0) is 9.53 Å². The normalized spacial score (nSPS) is 24.0. The van der Waals surface area contributed by atoms with Crippen LogP contribution in [0.4, 0.5) is 4.79 Å². The van der Waals surface area contributed by atoms with Gasteiger partial charge in [0.25, 0.3) is 5.91 Å². The summed E-state index contributed by atoms with van der Waals surface area (Å²) in [4.78, 5) is 33.9. The molecular weight excluding hydrogens is 424 g/mol. The number of rotatable bonds is 3. The van der Waals surface area contributed by atoms with Gasteiger partial charge in [-0.25, -0.2) is 4.79 Å². The number of aliphatic imine (C=N–C) groups is 1. The molecule has 2 fully saturated rings. The van der Waals surface area contributed by atoms with E-state index in [2.05, 4.69) is 21.2 Å². The molecule has 4 rings (SSSR count). The average molecular weight is 449 g/mol. The van der Waals surface area contributed by atoms with Gasteiger partial charge in [0, 0.05) is 29.7 Å². The van der Waals surface area contributed by atoms with E-state index >= 15 is 0 Å². The lowest BCUT2D eigenvalue weighted by atomic mass is 9.87. The number of methoxy groups -OCH3 is 1. The monoisotopic (exact) mass is 448 g/mol. The van der Waals surface area contributed by atoms with E-state index < -0.39 is 5.54 Å². The number of carbonyl (C=O) groups excluding carboxylic acids is 2. The average Bonchev–Trinajstić information content (AvgIpc) is 3.32. The second-order valence-corrected chi connectivity index (χ2v) is 8.62. The maximum atomic E-state index is 13.5. The molecule has 0 radical (unpaired) electrons. The number of ether oxygens (including phenoxy) is 1. The maximum Gasteiger partial charge on any atom is 0.409 e. The van der Waals surface area contributed by atoms with E-state index in [1.807, 2.05) is 29.2 Å². The van der Waals surface area contributed by atoms with Crippen molar-refractivity contribution in [3.05, 3.63) is 34.3 Å². The van der Waals surface area contributed by atoms with Crippen molar-refractivity contribution >= 4 is 33.8 Å². The van der Waals surface area contributed by atoms with Gasteiger partial charge in [-0.1, -0.05) is 28.1 Å². The van der Waals surface area contributed by atoms with E-state index in [1.165, 1.54) is 7.11 Å². The van der Waals surface area contributed by atoms with Crippen molar-refractivity contribution in [2.45, 2.75) is 24.8 Å². The molecule has 0 aliphatic carbocycles. The van der Waals surface area contributed by atoms with Crippen LogP contribution in [0.15, 0.2) is 33.7 Å². The number of nitrogens with zero attached hydrogens (tertiary/aromatic N) is 3. The maximum absolute atomic E-state index is 13.5. The van der Waals surface area contributed by atoms with E-state index in [9.17, 15) is 9.59 Å². The van der Waals surface area contributed by atoms with Gasteiger partial charge in [-0.3, -0.25) is 14.7 Å². The highest BCUT2D eigenvalue weighted by atomic mass is 79.9. The third kappa shape index (κ3) is 3.55. The summed E-state index contributed by atoms with van der Waals surface area (Å²) in [6, 6.07) is 7.95. The van der Waals surface area contributed by atoms with Gasteiger partial charge in [0.15, 0.2) is 0 Å². The topological polar surface area (TPSA) is 74.2 Å². The summed E-state index contributed by atoms with van der Waals surface area (Å²) in [5.74, 6) is 1.27. The lowest BCUT2D eigenvalue weighted by Crippen LogP contribution is -2.52. The molecule has 7 nitrogen and oxygen atoms in total. The number of benzene rings is 1. The van der Waals surface area contributed by atoms with Gasteiger partial charge in [-0.15, -0.1) is 0 Å². The Labute approximate surface area is 173 Å². The van der Waals surface area contributed by atoms with E-state index in [0.29, 0.717) is 38.4 Å². The minimum atomic E-state index is -0.765. The third-order valence-electron chi connectivity index (χ3n) is 5.95. The molecule has 3 aliphatic rings. The Balaban J connectivity index is 1.61. The van der Waals surface area contributed by atoms with Crippen molar-refractivity contribution in [3.8, 4) is 0 Å². The molecule has 2 amide bonds. The summed E-state index contributed by atoms with van der Waals surface area (Å²) in [5.41, 5.74) is 0.189. The quantitative estimate of drug-likeness (QED) is 0.769. The number of hydrogen-bond acceptors (Lipinski definition) is 5. The van der Waals surface area contributed by atoms with Gasteiger partial charge in [-0.05, 0) is 50.4 Å².